The lowest BCUT2D eigenvalue weighted by Crippen LogP contribution is -2.57. The average Bonchev–Trinajstić information content (AvgIpc) is 2.44. The Bertz CT molecular complexity index is 638. The quantitative estimate of drug-likeness (QED) is 0.706. The number of rotatable bonds is 7. The van der Waals surface area contributed by atoms with Crippen LogP contribution >= 0.6 is 0 Å². The van der Waals surface area contributed by atoms with Gasteiger partial charge in [-0.05, 0) is 39.8 Å². The van der Waals surface area contributed by atoms with E-state index in [9.17, 15) is 19.5 Å². The molecular weight excluding hydrogens is 312 g/mol. The Kier molecular flexibility index (Phi) is 5.95. The summed E-state index contributed by atoms with van der Waals surface area (Å²) in [4.78, 5) is 34.6. The molecule has 3 N–H and O–H groups in total. The summed E-state index contributed by atoms with van der Waals surface area (Å²) in [5.74, 6) is -1.35. The van der Waals surface area contributed by atoms with E-state index < -0.39 is 22.8 Å². The number of para-hydroxylation sites is 2. The van der Waals surface area contributed by atoms with Gasteiger partial charge in [0.1, 0.15) is 5.75 Å². The molecule has 2 amide bonds. The van der Waals surface area contributed by atoms with Gasteiger partial charge in [-0.25, -0.2) is 0 Å². The molecule has 0 saturated heterocycles. The van der Waals surface area contributed by atoms with Crippen LogP contribution in [0.4, 0.5) is 5.69 Å². The number of anilines is 1. The van der Waals surface area contributed by atoms with Gasteiger partial charge in [0, 0.05) is 6.92 Å². The molecule has 0 unspecified atom stereocenters. The Morgan fingerprint density at radius 2 is 1.71 bits per heavy atom. The molecule has 0 fully saturated rings. The fraction of sp³-hybridized carbons (Fsp3) is 0.471. The van der Waals surface area contributed by atoms with Gasteiger partial charge < -0.3 is 20.5 Å². The van der Waals surface area contributed by atoms with E-state index in [0.29, 0.717) is 11.4 Å². The Morgan fingerprint density at radius 1 is 1.12 bits per heavy atom. The molecule has 0 aromatic heterocycles. The highest BCUT2D eigenvalue weighted by Gasteiger charge is 2.44. The summed E-state index contributed by atoms with van der Waals surface area (Å²) in [5, 5.41) is 14.6. The van der Waals surface area contributed by atoms with Crippen molar-refractivity contribution in [2.45, 2.75) is 40.2 Å². The van der Waals surface area contributed by atoms with Crippen molar-refractivity contribution in [3.8, 4) is 5.75 Å². The molecule has 0 atom stereocenters. The molecule has 1 rings (SSSR count). The largest absolute Gasteiger partial charge is 0.482 e. The number of aliphatic carboxylic acids is 1. The molecule has 7 nitrogen and oxygen atoms in total. The van der Waals surface area contributed by atoms with E-state index in [1.54, 1.807) is 52.0 Å². The minimum atomic E-state index is -1.16. The fourth-order valence-electron chi connectivity index (χ4n) is 1.84. The third-order valence-electron chi connectivity index (χ3n) is 4.11. The minimum absolute atomic E-state index is 0.250. The maximum Gasteiger partial charge on any atom is 0.311 e. The Morgan fingerprint density at radius 3 is 2.25 bits per heavy atom. The summed E-state index contributed by atoms with van der Waals surface area (Å²) in [7, 11) is 0. The number of benzene rings is 1. The predicted octanol–water partition coefficient (Wildman–Crippen LogP) is 2.03. The predicted molar refractivity (Wildman–Crippen MR) is 89.9 cm³/mol. The zero-order chi connectivity index (χ0) is 18.5. The second kappa shape index (κ2) is 7.33. The number of carbonyl (C=O) groups excluding carboxylic acids is 2. The number of amides is 2. The Balaban J connectivity index is 2.74. The van der Waals surface area contributed by atoms with Crippen molar-refractivity contribution in [3.63, 3.8) is 0 Å². The summed E-state index contributed by atoms with van der Waals surface area (Å²) in [6.07, 6.45) is 0. The summed E-state index contributed by atoms with van der Waals surface area (Å²) >= 11 is 0. The van der Waals surface area contributed by atoms with Crippen molar-refractivity contribution in [1.29, 1.82) is 0 Å². The van der Waals surface area contributed by atoms with E-state index >= 15 is 0 Å². The topological polar surface area (TPSA) is 105 Å². The van der Waals surface area contributed by atoms with E-state index in [-0.39, 0.29) is 12.5 Å². The molecule has 1 aromatic rings. The fourth-order valence-corrected chi connectivity index (χ4v) is 1.84. The highest BCUT2D eigenvalue weighted by atomic mass is 16.5. The molecule has 24 heavy (non-hydrogen) atoms. The molecule has 0 spiro atoms. The second-order valence-electron chi connectivity index (χ2n) is 6.57. The van der Waals surface area contributed by atoms with E-state index in [4.69, 9.17) is 4.74 Å². The van der Waals surface area contributed by atoms with Gasteiger partial charge in [-0.2, -0.15) is 0 Å². The third-order valence-corrected chi connectivity index (χ3v) is 4.11. The summed E-state index contributed by atoms with van der Waals surface area (Å²) < 4.78 is 5.44. The highest BCUT2D eigenvalue weighted by molar-refractivity contribution is 5.90. The smallest absolute Gasteiger partial charge is 0.311 e. The van der Waals surface area contributed by atoms with Crippen molar-refractivity contribution in [2.24, 2.45) is 5.41 Å². The minimum Gasteiger partial charge on any atom is -0.482 e. The van der Waals surface area contributed by atoms with Gasteiger partial charge in [-0.3, -0.25) is 14.4 Å². The van der Waals surface area contributed by atoms with Crippen molar-refractivity contribution in [2.75, 3.05) is 11.9 Å². The van der Waals surface area contributed by atoms with E-state index in [2.05, 4.69) is 10.6 Å². The van der Waals surface area contributed by atoms with Gasteiger partial charge in [0.2, 0.25) is 5.91 Å². The Hall–Kier alpha value is -2.57. The number of carboxylic acid groups (broad SMARTS) is 1. The molecular formula is C17H24N2O5. The molecule has 132 valence electrons. The first-order valence-electron chi connectivity index (χ1n) is 7.51. The SMILES string of the molecule is CC(=O)Nc1ccccc1OCC(=O)NC(C)(C)C(C)(C)C(=O)O. The number of carbonyl (C=O) groups is 3. The van der Waals surface area contributed by atoms with Crippen molar-refractivity contribution < 1.29 is 24.2 Å². The first-order valence-corrected chi connectivity index (χ1v) is 7.51. The summed E-state index contributed by atoms with van der Waals surface area (Å²) in [5.41, 5.74) is -1.67. The van der Waals surface area contributed by atoms with Crippen LogP contribution in [-0.4, -0.2) is 35.0 Å². The van der Waals surface area contributed by atoms with Crippen LogP contribution in [-0.2, 0) is 14.4 Å². The lowest BCUT2D eigenvalue weighted by atomic mass is 9.74. The third kappa shape index (κ3) is 4.71. The van der Waals surface area contributed by atoms with Crippen LogP contribution in [0.3, 0.4) is 0 Å². The van der Waals surface area contributed by atoms with Crippen LogP contribution < -0.4 is 15.4 Å². The first-order chi connectivity index (χ1) is 11.0. The van der Waals surface area contributed by atoms with Gasteiger partial charge in [0.25, 0.3) is 5.91 Å². The van der Waals surface area contributed by atoms with Crippen molar-refractivity contribution in [3.05, 3.63) is 24.3 Å². The van der Waals surface area contributed by atoms with Gasteiger partial charge >= 0.3 is 5.97 Å². The standard InChI is InChI=1S/C17H24N2O5/c1-11(20)18-12-8-6-7-9-13(12)24-10-14(21)19-17(4,5)16(2,3)15(22)23/h6-9H,10H2,1-5H3,(H,18,20)(H,19,21)(H,22,23). The molecule has 0 bridgehead atoms. The number of carboxylic acids is 1. The number of hydrogen-bond donors (Lipinski definition) is 3. The van der Waals surface area contributed by atoms with Crippen LogP contribution in [0.25, 0.3) is 0 Å². The molecule has 7 heteroatoms. The number of nitrogens with one attached hydrogen (secondary N) is 2. The maximum atomic E-state index is 12.1. The number of ether oxygens (including phenoxy) is 1. The zero-order valence-electron chi connectivity index (χ0n) is 14.6. The monoisotopic (exact) mass is 336 g/mol. The van der Waals surface area contributed by atoms with Crippen LogP contribution in [0.2, 0.25) is 0 Å². The zero-order valence-corrected chi connectivity index (χ0v) is 14.6. The molecule has 0 saturated carbocycles. The van der Waals surface area contributed by atoms with E-state index in [0.717, 1.165) is 0 Å². The lowest BCUT2D eigenvalue weighted by Gasteiger charge is -2.38. The molecule has 0 aliphatic rings. The second-order valence-corrected chi connectivity index (χ2v) is 6.57. The normalized spacial score (nSPS) is 11.5. The lowest BCUT2D eigenvalue weighted by molar-refractivity contribution is -0.152. The van der Waals surface area contributed by atoms with Crippen molar-refractivity contribution >= 4 is 23.5 Å². The van der Waals surface area contributed by atoms with Crippen LogP contribution in [0.15, 0.2) is 24.3 Å². The van der Waals surface area contributed by atoms with E-state index in [1.807, 2.05) is 0 Å². The first kappa shape index (κ1) is 19.5. The molecule has 0 aliphatic heterocycles. The van der Waals surface area contributed by atoms with Crippen LogP contribution in [0.1, 0.15) is 34.6 Å². The summed E-state index contributed by atoms with van der Waals surface area (Å²) in [6, 6.07) is 6.74. The molecule has 1 aromatic carbocycles. The van der Waals surface area contributed by atoms with Crippen molar-refractivity contribution in [1.82, 2.24) is 5.32 Å². The maximum absolute atomic E-state index is 12.1. The number of hydrogen-bond acceptors (Lipinski definition) is 4. The van der Waals surface area contributed by atoms with Crippen LogP contribution in [0.5, 0.6) is 5.75 Å². The average molecular weight is 336 g/mol. The highest BCUT2D eigenvalue weighted by Crippen LogP contribution is 2.30. The van der Waals surface area contributed by atoms with Gasteiger partial charge in [-0.1, -0.05) is 12.1 Å². The molecule has 0 aliphatic carbocycles. The van der Waals surface area contributed by atoms with Gasteiger partial charge in [-0.15, -0.1) is 0 Å². The van der Waals surface area contributed by atoms with Gasteiger partial charge in [0.05, 0.1) is 16.6 Å². The summed E-state index contributed by atoms with van der Waals surface area (Å²) in [6.45, 7) is 7.45. The van der Waals surface area contributed by atoms with Crippen LogP contribution in [0, 0.1) is 5.41 Å². The Labute approximate surface area is 141 Å². The van der Waals surface area contributed by atoms with Gasteiger partial charge in [0.15, 0.2) is 6.61 Å². The molecule has 0 radical (unpaired) electrons. The van der Waals surface area contributed by atoms with E-state index in [1.165, 1.54) is 6.92 Å². The molecule has 0 heterocycles.